The lowest BCUT2D eigenvalue weighted by atomic mass is 10.1. The highest BCUT2D eigenvalue weighted by Gasteiger charge is 2.09. The van der Waals surface area contributed by atoms with E-state index in [0.29, 0.717) is 22.8 Å². The standard InChI is InChI=1S/C20H16N4O5S/c21-11-12-28-20(25)15-3-1-14(2-4-15)19-10-7-17(29-19)13-23-24-16-5-8-18(9-6-16)30(22,26)27/h1-10,13,24H,12H2,(H2,22,26,27). The summed E-state index contributed by atoms with van der Waals surface area (Å²) in [7, 11) is -3.74. The minimum atomic E-state index is -3.74. The summed E-state index contributed by atoms with van der Waals surface area (Å²) in [5.74, 6) is 0.487. The van der Waals surface area contributed by atoms with E-state index < -0.39 is 16.0 Å². The van der Waals surface area contributed by atoms with E-state index in [1.165, 1.54) is 30.5 Å². The van der Waals surface area contributed by atoms with Crippen molar-refractivity contribution in [3.05, 3.63) is 72.0 Å². The molecule has 0 amide bonds. The van der Waals surface area contributed by atoms with E-state index in [-0.39, 0.29) is 11.5 Å². The molecule has 9 nitrogen and oxygen atoms in total. The number of primary sulfonamides is 1. The maximum atomic E-state index is 11.7. The average molecular weight is 424 g/mol. The number of hydrazone groups is 1. The zero-order chi connectivity index (χ0) is 21.6. The minimum Gasteiger partial charge on any atom is -0.455 e. The van der Waals surface area contributed by atoms with Crippen LogP contribution in [0.4, 0.5) is 5.69 Å². The molecule has 0 atom stereocenters. The molecule has 1 aromatic heterocycles. The molecule has 2 aromatic carbocycles. The van der Waals surface area contributed by atoms with Crippen LogP contribution in [0, 0.1) is 11.3 Å². The van der Waals surface area contributed by atoms with E-state index in [4.69, 9.17) is 19.6 Å². The summed E-state index contributed by atoms with van der Waals surface area (Å²) >= 11 is 0. The molecule has 3 rings (SSSR count). The molecule has 3 N–H and O–H groups in total. The first-order chi connectivity index (χ1) is 14.4. The monoisotopic (exact) mass is 424 g/mol. The van der Waals surface area contributed by atoms with Crippen LogP contribution in [0.15, 0.2) is 75.1 Å². The Morgan fingerprint density at radius 1 is 1.13 bits per heavy atom. The Morgan fingerprint density at radius 2 is 1.83 bits per heavy atom. The fourth-order valence-electron chi connectivity index (χ4n) is 2.42. The lowest BCUT2D eigenvalue weighted by molar-refractivity contribution is 0.0555. The first kappa shape index (κ1) is 20.8. The van der Waals surface area contributed by atoms with Gasteiger partial charge in [0.15, 0.2) is 6.61 Å². The first-order valence-electron chi connectivity index (χ1n) is 8.53. The number of rotatable bonds is 7. The summed E-state index contributed by atoms with van der Waals surface area (Å²) in [5, 5.41) is 17.5. The van der Waals surface area contributed by atoms with Gasteiger partial charge in [-0.25, -0.2) is 18.4 Å². The largest absolute Gasteiger partial charge is 0.455 e. The Labute approximate surface area is 172 Å². The highest BCUT2D eigenvalue weighted by atomic mass is 32.2. The molecule has 0 radical (unpaired) electrons. The summed E-state index contributed by atoms with van der Waals surface area (Å²) < 4.78 is 32.9. The number of hydrogen-bond acceptors (Lipinski definition) is 8. The molecule has 1 heterocycles. The van der Waals surface area contributed by atoms with Crippen LogP contribution in [0.5, 0.6) is 0 Å². The highest BCUT2D eigenvalue weighted by molar-refractivity contribution is 7.89. The van der Waals surface area contributed by atoms with Gasteiger partial charge in [0.25, 0.3) is 0 Å². The number of hydrogen-bond donors (Lipinski definition) is 2. The van der Waals surface area contributed by atoms with E-state index >= 15 is 0 Å². The van der Waals surface area contributed by atoms with Crippen LogP contribution in [0.3, 0.4) is 0 Å². The number of nitriles is 1. The van der Waals surface area contributed by atoms with Crippen molar-refractivity contribution in [3.63, 3.8) is 0 Å². The van der Waals surface area contributed by atoms with Crippen LogP contribution >= 0.6 is 0 Å². The number of furan rings is 1. The number of carbonyl (C=O) groups excluding carboxylic acids is 1. The molecule has 3 aromatic rings. The first-order valence-corrected chi connectivity index (χ1v) is 10.1. The Hall–Kier alpha value is -3.94. The van der Waals surface area contributed by atoms with Crippen molar-refractivity contribution in [2.45, 2.75) is 4.90 Å². The molecule has 30 heavy (non-hydrogen) atoms. The predicted molar refractivity (Wildman–Crippen MR) is 109 cm³/mol. The number of sulfonamides is 1. The second kappa shape index (κ2) is 9.04. The van der Waals surface area contributed by atoms with Crippen LogP contribution in [-0.4, -0.2) is 27.2 Å². The second-order valence-electron chi connectivity index (χ2n) is 5.95. The summed E-state index contributed by atoms with van der Waals surface area (Å²) in [6.45, 7) is -0.300. The molecule has 0 aliphatic rings. The molecule has 0 fully saturated rings. The van der Waals surface area contributed by atoms with Crippen molar-refractivity contribution in [3.8, 4) is 17.4 Å². The van der Waals surface area contributed by atoms with Crippen LogP contribution in [0.25, 0.3) is 11.3 Å². The van der Waals surface area contributed by atoms with Gasteiger partial charge in [-0.1, -0.05) is 12.1 Å². The van der Waals surface area contributed by atoms with E-state index in [2.05, 4.69) is 10.5 Å². The number of benzene rings is 2. The van der Waals surface area contributed by atoms with Gasteiger partial charge in [-0.3, -0.25) is 5.43 Å². The number of ether oxygens (including phenoxy) is 1. The lowest BCUT2D eigenvalue weighted by Crippen LogP contribution is -2.11. The van der Waals surface area contributed by atoms with Gasteiger partial charge in [-0.05, 0) is 48.5 Å². The molecule has 0 saturated heterocycles. The van der Waals surface area contributed by atoms with Crippen molar-refractivity contribution in [2.75, 3.05) is 12.0 Å². The topological polar surface area (TPSA) is 148 Å². The zero-order valence-corrected chi connectivity index (χ0v) is 16.3. The molecule has 0 aliphatic heterocycles. The van der Waals surface area contributed by atoms with Crippen LogP contribution in [0.2, 0.25) is 0 Å². The molecular formula is C20H16N4O5S. The van der Waals surface area contributed by atoms with Crippen molar-refractivity contribution in [1.82, 2.24) is 0 Å². The summed E-state index contributed by atoms with van der Waals surface area (Å²) in [4.78, 5) is 11.7. The Kier molecular flexibility index (Phi) is 6.26. The number of carbonyl (C=O) groups is 1. The van der Waals surface area contributed by atoms with Gasteiger partial charge >= 0.3 is 5.97 Å². The third kappa shape index (κ3) is 5.32. The number of nitrogens with one attached hydrogen (secondary N) is 1. The van der Waals surface area contributed by atoms with Gasteiger partial charge < -0.3 is 9.15 Å². The van der Waals surface area contributed by atoms with Crippen molar-refractivity contribution >= 4 is 27.9 Å². The van der Waals surface area contributed by atoms with E-state index in [1.54, 1.807) is 42.5 Å². The molecule has 0 saturated carbocycles. The van der Waals surface area contributed by atoms with Gasteiger partial charge in [0, 0.05) is 5.56 Å². The van der Waals surface area contributed by atoms with E-state index in [0.717, 1.165) is 5.56 Å². The quantitative estimate of drug-likeness (QED) is 0.336. The number of esters is 1. The van der Waals surface area contributed by atoms with Gasteiger partial charge in [-0.15, -0.1) is 0 Å². The highest BCUT2D eigenvalue weighted by Crippen LogP contribution is 2.22. The molecule has 0 bridgehead atoms. The predicted octanol–water partition coefficient (Wildman–Crippen LogP) is 2.72. The number of nitrogens with two attached hydrogens (primary N) is 1. The lowest BCUT2D eigenvalue weighted by Gasteiger charge is -2.02. The summed E-state index contributed by atoms with van der Waals surface area (Å²) in [6, 6.07) is 17.6. The van der Waals surface area contributed by atoms with Gasteiger partial charge in [0.1, 0.15) is 17.6 Å². The van der Waals surface area contributed by atoms with Crippen molar-refractivity contribution < 1.29 is 22.4 Å². The second-order valence-corrected chi connectivity index (χ2v) is 7.51. The third-order valence-corrected chi connectivity index (χ3v) is 4.80. The molecule has 0 aliphatic carbocycles. The molecule has 0 unspecified atom stereocenters. The zero-order valence-electron chi connectivity index (χ0n) is 15.5. The Morgan fingerprint density at radius 3 is 2.47 bits per heavy atom. The van der Waals surface area contributed by atoms with Crippen LogP contribution in [-0.2, 0) is 14.8 Å². The normalized spacial score (nSPS) is 11.2. The maximum absolute atomic E-state index is 11.7. The smallest absolute Gasteiger partial charge is 0.339 e. The third-order valence-electron chi connectivity index (χ3n) is 3.87. The summed E-state index contributed by atoms with van der Waals surface area (Å²) in [6.07, 6.45) is 1.46. The number of nitrogens with zero attached hydrogens (tertiary/aromatic N) is 2. The Bertz CT molecular complexity index is 1210. The van der Waals surface area contributed by atoms with E-state index in [1.807, 2.05) is 0 Å². The SMILES string of the molecule is N#CCOC(=O)c1ccc(-c2ccc(C=NNc3ccc(S(N)(=O)=O)cc3)o2)cc1. The molecule has 10 heteroatoms. The van der Waals surface area contributed by atoms with Gasteiger partial charge in [0.2, 0.25) is 10.0 Å². The molecule has 0 spiro atoms. The molecule has 152 valence electrons. The summed E-state index contributed by atoms with van der Waals surface area (Å²) in [5.41, 5.74) is 4.41. The van der Waals surface area contributed by atoms with Gasteiger partial charge in [-0.2, -0.15) is 10.4 Å². The van der Waals surface area contributed by atoms with Crippen molar-refractivity contribution in [1.29, 1.82) is 5.26 Å². The fourth-order valence-corrected chi connectivity index (χ4v) is 2.93. The van der Waals surface area contributed by atoms with E-state index in [9.17, 15) is 13.2 Å². The van der Waals surface area contributed by atoms with Crippen molar-refractivity contribution in [2.24, 2.45) is 10.2 Å². The molecular weight excluding hydrogens is 408 g/mol. The fraction of sp³-hybridized carbons (Fsp3) is 0.0500. The Balaban J connectivity index is 1.62. The van der Waals surface area contributed by atoms with Crippen LogP contribution < -0.4 is 10.6 Å². The van der Waals surface area contributed by atoms with Crippen LogP contribution in [0.1, 0.15) is 16.1 Å². The van der Waals surface area contributed by atoms with Gasteiger partial charge in [0.05, 0.1) is 22.4 Å². The average Bonchev–Trinajstić information content (AvgIpc) is 3.21. The minimum absolute atomic E-state index is 0.0112. The number of anilines is 1. The maximum Gasteiger partial charge on any atom is 0.339 e.